The summed E-state index contributed by atoms with van der Waals surface area (Å²) in [5.74, 6) is -0.672. The summed E-state index contributed by atoms with van der Waals surface area (Å²) in [6, 6.07) is 17.9. The summed E-state index contributed by atoms with van der Waals surface area (Å²) in [6.07, 6.45) is 1.94. The Balaban J connectivity index is -0.000000154. The SMILES string of the molecule is CCC(N)=O.C[C-]=O.Cc1cccc(C)c1.O=C(O)COc1cc[c-]cc1.[CH3-].[Yb+3]. The maximum absolute atomic E-state index is 10.0. The first kappa shape index (κ1) is 34.8. The Morgan fingerprint density at radius 2 is 1.55 bits per heavy atom. The second kappa shape index (κ2) is 24.4. The summed E-state index contributed by atoms with van der Waals surface area (Å²) in [4.78, 5) is 28.3. The van der Waals surface area contributed by atoms with Crippen molar-refractivity contribution in [3.05, 3.63) is 73.2 Å². The summed E-state index contributed by atoms with van der Waals surface area (Å²) in [5, 5.41) is 8.24. The van der Waals surface area contributed by atoms with Crippen molar-refractivity contribution in [1.82, 2.24) is 0 Å². The van der Waals surface area contributed by atoms with Crippen LogP contribution in [0.2, 0.25) is 0 Å². The van der Waals surface area contributed by atoms with Crippen molar-refractivity contribution in [1.29, 1.82) is 0 Å². The molecule has 1 amide bonds. The number of hydrogen-bond donors (Lipinski definition) is 2. The van der Waals surface area contributed by atoms with Gasteiger partial charge >= 0.3 is 52.9 Å². The molecule has 6 nitrogen and oxygen atoms in total. The van der Waals surface area contributed by atoms with Crippen molar-refractivity contribution in [3.63, 3.8) is 0 Å². The molecule has 3 N–H and O–H groups in total. The molecular weight excluding hydrogens is 531 g/mol. The predicted octanol–water partition coefficient (Wildman–Crippen LogP) is 3.70. The molecule has 0 aliphatic carbocycles. The third-order valence-corrected chi connectivity index (χ3v) is 2.57. The minimum atomic E-state index is -0.974. The van der Waals surface area contributed by atoms with Crippen LogP contribution in [0.15, 0.2) is 48.5 Å². The number of carbonyl (C=O) groups is 2. The van der Waals surface area contributed by atoms with Crippen LogP contribution in [-0.2, 0) is 14.4 Å². The van der Waals surface area contributed by atoms with E-state index in [1.54, 1.807) is 31.2 Å². The Hall–Kier alpha value is -1.63. The first-order valence-electron chi connectivity index (χ1n) is 8.17. The van der Waals surface area contributed by atoms with Gasteiger partial charge in [-0.3, -0.25) is 11.1 Å². The zero-order valence-electron chi connectivity index (χ0n) is 17.5. The molecule has 1 radical (unpaired) electrons. The fourth-order valence-electron chi connectivity index (χ4n) is 1.42. The molecular formula is C22H30NO5Yb. The van der Waals surface area contributed by atoms with Gasteiger partial charge in [0.25, 0.3) is 0 Å². The Kier molecular flexibility index (Phi) is 29.3. The average molecular weight is 562 g/mol. The van der Waals surface area contributed by atoms with E-state index in [0.29, 0.717) is 12.2 Å². The van der Waals surface area contributed by atoms with Crippen LogP contribution in [0.5, 0.6) is 5.75 Å². The molecule has 0 saturated carbocycles. The number of carboxylic acids is 1. The van der Waals surface area contributed by atoms with Crippen LogP contribution in [0.1, 0.15) is 31.4 Å². The summed E-state index contributed by atoms with van der Waals surface area (Å²) in [7, 11) is 0. The van der Waals surface area contributed by atoms with Gasteiger partial charge < -0.3 is 27.8 Å². The number of carboxylic acid groups (broad SMARTS) is 1. The van der Waals surface area contributed by atoms with E-state index in [9.17, 15) is 9.59 Å². The number of aryl methyl sites for hydroxylation is 2. The van der Waals surface area contributed by atoms with Crippen molar-refractivity contribution in [2.45, 2.75) is 34.1 Å². The Labute approximate surface area is 213 Å². The number of carbonyl (C=O) groups excluding carboxylic acids is 2. The monoisotopic (exact) mass is 562 g/mol. The van der Waals surface area contributed by atoms with Crippen LogP contribution >= 0.6 is 0 Å². The van der Waals surface area contributed by atoms with Crippen LogP contribution in [0.3, 0.4) is 0 Å². The van der Waals surface area contributed by atoms with Crippen LogP contribution in [0, 0.1) is 74.3 Å². The standard InChI is InChI=1S/C8H7O3.C8H10.C3H7NO.C2H3O.CH3.Yb/c9-8(10)6-11-7-4-2-1-3-5-7;1-7-4-3-5-8(2)6-7;1-2-3(4)5;1-2-3;;/h2-5H,6H2,(H,9,10);3-6H,1-2H3;2H2,1H3,(H2,4,5);1H3;1H3;/q-1;;;2*-1;+3. The van der Waals surface area contributed by atoms with E-state index < -0.39 is 5.97 Å². The smallest absolute Gasteiger partial charge is 0.542 e. The Bertz CT molecular complexity index is 646. The van der Waals surface area contributed by atoms with Crippen molar-refractivity contribution < 1.29 is 71.2 Å². The summed E-state index contributed by atoms with van der Waals surface area (Å²) >= 11 is 0. The molecule has 0 saturated heterocycles. The van der Waals surface area contributed by atoms with Crippen LogP contribution in [0.4, 0.5) is 0 Å². The molecule has 0 aliphatic heterocycles. The number of rotatable bonds is 4. The topological polar surface area (TPSA) is 107 Å². The van der Waals surface area contributed by atoms with Crippen LogP contribution in [-0.4, -0.2) is 29.9 Å². The molecule has 0 heterocycles. The van der Waals surface area contributed by atoms with Crippen molar-refractivity contribution >= 4 is 18.2 Å². The van der Waals surface area contributed by atoms with Gasteiger partial charge in [0.05, 0.1) is 0 Å². The molecule has 0 aliphatic rings. The Morgan fingerprint density at radius 1 is 1.14 bits per heavy atom. The first-order chi connectivity index (χ1) is 12.8. The fourth-order valence-corrected chi connectivity index (χ4v) is 1.42. The van der Waals surface area contributed by atoms with E-state index in [1.165, 1.54) is 24.3 Å². The van der Waals surface area contributed by atoms with Gasteiger partial charge in [0.2, 0.25) is 5.91 Å². The molecule has 7 heteroatoms. The Morgan fingerprint density at radius 3 is 1.83 bits per heavy atom. The van der Waals surface area contributed by atoms with E-state index in [1.807, 2.05) is 0 Å². The number of amides is 1. The summed E-state index contributed by atoms with van der Waals surface area (Å²) in [6.45, 7) is 6.95. The van der Waals surface area contributed by atoms with Crippen LogP contribution in [0.25, 0.3) is 0 Å². The summed E-state index contributed by atoms with van der Waals surface area (Å²) in [5.41, 5.74) is 7.33. The van der Waals surface area contributed by atoms with Gasteiger partial charge in [0.15, 0.2) is 6.61 Å². The number of benzene rings is 2. The molecule has 0 atom stereocenters. The molecule has 0 aromatic heterocycles. The molecule has 2 aromatic rings. The van der Waals surface area contributed by atoms with E-state index in [4.69, 9.17) is 14.6 Å². The molecule has 0 fully saturated rings. The molecule has 2 rings (SSSR count). The van der Waals surface area contributed by atoms with E-state index in [2.05, 4.69) is 49.9 Å². The van der Waals surface area contributed by atoms with Crippen molar-refractivity contribution in [2.75, 3.05) is 6.61 Å². The first-order valence-corrected chi connectivity index (χ1v) is 8.17. The van der Waals surface area contributed by atoms with Crippen LogP contribution < -0.4 is 10.5 Å². The van der Waals surface area contributed by atoms with E-state index in [-0.39, 0.29) is 66.9 Å². The maximum Gasteiger partial charge on any atom is 3.00 e. The van der Waals surface area contributed by atoms with Gasteiger partial charge in [-0.2, -0.15) is 25.1 Å². The number of primary amides is 1. The number of ether oxygens (including phenoxy) is 1. The third kappa shape index (κ3) is 28.7. The third-order valence-electron chi connectivity index (χ3n) is 2.57. The van der Waals surface area contributed by atoms with Gasteiger partial charge in [-0.05, 0) is 13.8 Å². The predicted molar refractivity (Wildman–Crippen MR) is 112 cm³/mol. The second-order valence-electron chi connectivity index (χ2n) is 5.10. The van der Waals surface area contributed by atoms with Gasteiger partial charge in [0.1, 0.15) is 0 Å². The normalized spacial score (nSPS) is 7.72. The second-order valence-corrected chi connectivity index (χ2v) is 5.10. The zero-order chi connectivity index (χ0) is 21.1. The molecule has 0 unspecified atom stereocenters. The number of hydrogen-bond acceptors (Lipinski definition) is 4. The van der Waals surface area contributed by atoms with E-state index >= 15 is 0 Å². The van der Waals surface area contributed by atoms with Gasteiger partial charge in [0, 0.05) is 12.2 Å². The fraction of sp³-hybridized carbons (Fsp3) is 0.273. The molecule has 29 heavy (non-hydrogen) atoms. The largest absolute Gasteiger partial charge is 3.00 e. The van der Waals surface area contributed by atoms with Crippen molar-refractivity contribution in [3.8, 4) is 5.75 Å². The number of nitrogens with two attached hydrogens (primary N) is 1. The average Bonchev–Trinajstić information content (AvgIpc) is 2.62. The zero-order valence-corrected chi connectivity index (χ0v) is 19.2. The molecule has 2 aromatic carbocycles. The molecule has 167 valence electrons. The number of aliphatic carboxylic acids is 1. The minimum Gasteiger partial charge on any atom is -0.542 e. The summed E-state index contributed by atoms with van der Waals surface area (Å²) < 4.78 is 4.85. The van der Waals surface area contributed by atoms with Crippen molar-refractivity contribution in [2.24, 2.45) is 5.73 Å². The van der Waals surface area contributed by atoms with Gasteiger partial charge in [-0.25, -0.2) is 4.79 Å². The molecule has 0 bridgehead atoms. The van der Waals surface area contributed by atoms with E-state index in [0.717, 1.165) is 0 Å². The van der Waals surface area contributed by atoms with Gasteiger partial charge in [-0.15, -0.1) is 12.1 Å². The molecule has 0 spiro atoms. The minimum absolute atomic E-state index is 0. The quantitative estimate of drug-likeness (QED) is 0.554. The maximum atomic E-state index is 10.0. The van der Waals surface area contributed by atoms with Gasteiger partial charge in [-0.1, -0.05) is 42.3 Å².